The zero-order valence-corrected chi connectivity index (χ0v) is 7.06. The molecule has 0 heterocycles. The SMILES string of the molecule is [N-]=[N+]=NCC1CC2CC(N)C2C1. The lowest BCUT2D eigenvalue weighted by Crippen LogP contribution is -2.44. The summed E-state index contributed by atoms with van der Waals surface area (Å²) in [4.78, 5) is 2.78. The molecule has 0 aromatic carbocycles. The van der Waals surface area contributed by atoms with Crippen LogP contribution in [-0.4, -0.2) is 12.6 Å². The van der Waals surface area contributed by atoms with Crippen LogP contribution in [0.5, 0.6) is 0 Å². The molecule has 0 aromatic heterocycles. The number of azide groups is 1. The van der Waals surface area contributed by atoms with E-state index in [1.807, 2.05) is 0 Å². The van der Waals surface area contributed by atoms with Crippen LogP contribution in [0.2, 0.25) is 0 Å². The van der Waals surface area contributed by atoms with Crippen LogP contribution in [0.3, 0.4) is 0 Å². The van der Waals surface area contributed by atoms with Gasteiger partial charge in [0.25, 0.3) is 0 Å². The maximum absolute atomic E-state index is 8.16. The molecule has 2 fully saturated rings. The molecule has 0 saturated heterocycles. The summed E-state index contributed by atoms with van der Waals surface area (Å²) in [6, 6.07) is 0.436. The third-order valence-corrected chi connectivity index (χ3v) is 3.38. The van der Waals surface area contributed by atoms with E-state index in [2.05, 4.69) is 10.0 Å². The average Bonchev–Trinajstić information content (AvgIpc) is 2.39. The fourth-order valence-electron chi connectivity index (χ4n) is 2.70. The van der Waals surface area contributed by atoms with Gasteiger partial charge in [-0.2, -0.15) is 0 Å². The monoisotopic (exact) mass is 166 g/mol. The summed E-state index contributed by atoms with van der Waals surface area (Å²) in [5.41, 5.74) is 14.0. The number of nitrogens with two attached hydrogens (primary N) is 1. The van der Waals surface area contributed by atoms with Gasteiger partial charge < -0.3 is 5.73 Å². The molecule has 0 aliphatic heterocycles. The topological polar surface area (TPSA) is 74.8 Å². The molecule has 12 heavy (non-hydrogen) atoms. The minimum Gasteiger partial charge on any atom is -0.327 e. The molecule has 2 aliphatic carbocycles. The van der Waals surface area contributed by atoms with Gasteiger partial charge in [0.2, 0.25) is 0 Å². The minimum atomic E-state index is 0.436. The second-order valence-corrected chi connectivity index (χ2v) is 4.07. The summed E-state index contributed by atoms with van der Waals surface area (Å²) >= 11 is 0. The third-order valence-electron chi connectivity index (χ3n) is 3.38. The van der Waals surface area contributed by atoms with Crippen molar-refractivity contribution < 1.29 is 0 Å². The Morgan fingerprint density at radius 3 is 2.83 bits per heavy atom. The molecule has 4 atom stereocenters. The van der Waals surface area contributed by atoms with Crippen molar-refractivity contribution in [1.82, 2.24) is 0 Å². The number of hydrogen-bond donors (Lipinski definition) is 1. The van der Waals surface area contributed by atoms with E-state index < -0.39 is 0 Å². The molecule has 2 N–H and O–H groups in total. The van der Waals surface area contributed by atoms with E-state index in [0.717, 1.165) is 11.8 Å². The van der Waals surface area contributed by atoms with Crippen molar-refractivity contribution in [3.8, 4) is 0 Å². The first-order valence-corrected chi connectivity index (χ1v) is 4.57. The average molecular weight is 166 g/mol. The number of hydrogen-bond acceptors (Lipinski definition) is 2. The zero-order chi connectivity index (χ0) is 8.55. The van der Waals surface area contributed by atoms with Gasteiger partial charge in [-0.25, -0.2) is 0 Å². The highest BCUT2D eigenvalue weighted by molar-refractivity contribution is 4.99. The smallest absolute Gasteiger partial charge is 0.0286 e. The van der Waals surface area contributed by atoms with E-state index >= 15 is 0 Å². The molecule has 4 nitrogen and oxygen atoms in total. The second kappa shape index (κ2) is 2.96. The predicted molar refractivity (Wildman–Crippen MR) is 46.3 cm³/mol. The highest BCUT2D eigenvalue weighted by Gasteiger charge is 2.45. The quantitative estimate of drug-likeness (QED) is 0.378. The van der Waals surface area contributed by atoms with Crippen molar-refractivity contribution in [2.45, 2.75) is 25.3 Å². The Kier molecular flexibility index (Phi) is 1.95. The van der Waals surface area contributed by atoms with Crippen LogP contribution in [0, 0.1) is 17.8 Å². The van der Waals surface area contributed by atoms with Crippen LogP contribution >= 0.6 is 0 Å². The van der Waals surface area contributed by atoms with Crippen LogP contribution in [0.25, 0.3) is 10.4 Å². The Morgan fingerprint density at radius 1 is 1.42 bits per heavy atom. The number of rotatable bonds is 2. The highest BCUT2D eigenvalue weighted by Crippen LogP contribution is 2.48. The first-order valence-electron chi connectivity index (χ1n) is 4.57. The Labute approximate surface area is 71.8 Å². The van der Waals surface area contributed by atoms with E-state index in [9.17, 15) is 0 Å². The summed E-state index contributed by atoms with van der Waals surface area (Å²) in [6.07, 6.45) is 3.61. The molecular formula is C8H14N4. The highest BCUT2D eigenvalue weighted by atomic mass is 15.1. The standard InChI is InChI=1S/C8H14N4/c9-8-3-6-1-5(2-7(6)8)4-11-12-10/h5-8H,1-4,9H2. The largest absolute Gasteiger partial charge is 0.327 e. The third kappa shape index (κ3) is 1.17. The second-order valence-electron chi connectivity index (χ2n) is 4.07. The molecular weight excluding hydrogens is 152 g/mol. The maximum atomic E-state index is 8.16. The van der Waals surface area contributed by atoms with Crippen molar-refractivity contribution in [1.29, 1.82) is 0 Å². The fraction of sp³-hybridized carbons (Fsp3) is 1.00. The van der Waals surface area contributed by atoms with Crippen LogP contribution < -0.4 is 5.73 Å². The number of fused-ring (bicyclic) bond motifs is 1. The first kappa shape index (κ1) is 7.90. The zero-order valence-electron chi connectivity index (χ0n) is 7.06. The Bertz CT molecular complexity index is 221. The molecule has 4 unspecified atom stereocenters. The van der Waals surface area contributed by atoms with Crippen LogP contribution in [0.15, 0.2) is 5.11 Å². The van der Waals surface area contributed by atoms with Crippen molar-refractivity contribution in [3.05, 3.63) is 10.4 Å². The van der Waals surface area contributed by atoms with E-state index in [1.54, 1.807) is 0 Å². The fourth-order valence-corrected chi connectivity index (χ4v) is 2.70. The number of nitrogens with zero attached hydrogens (tertiary/aromatic N) is 3. The minimum absolute atomic E-state index is 0.436. The van der Waals surface area contributed by atoms with Gasteiger partial charge in [0, 0.05) is 17.5 Å². The van der Waals surface area contributed by atoms with Gasteiger partial charge in [-0.05, 0) is 42.5 Å². The molecule has 0 spiro atoms. The molecule has 66 valence electrons. The van der Waals surface area contributed by atoms with Crippen LogP contribution in [0.4, 0.5) is 0 Å². The summed E-state index contributed by atoms with van der Waals surface area (Å²) in [5, 5.41) is 3.62. The van der Waals surface area contributed by atoms with E-state index in [1.165, 1.54) is 19.3 Å². The van der Waals surface area contributed by atoms with E-state index in [0.29, 0.717) is 18.5 Å². The lowest BCUT2D eigenvalue weighted by atomic mass is 9.72. The van der Waals surface area contributed by atoms with E-state index in [4.69, 9.17) is 11.3 Å². The van der Waals surface area contributed by atoms with Crippen molar-refractivity contribution in [2.24, 2.45) is 28.6 Å². The van der Waals surface area contributed by atoms with Gasteiger partial charge in [-0.1, -0.05) is 5.11 Å². The van der Waals surface area contributed by atoms with Gasteiger partial charge in [0.15, 0.2) is 0 Å². The maximum Gasteiger partial charge on any atom is 0.0286 e. The van der Waals surface area contributed by atoms with Gasteiger partial charge in [-0.15, -0.1) is 0 Å². The van der Waals surface area contributed by atoms with Gasteiger partial charge in [-0.3, -0.25) is 0 Å². The molecule has 0 radical (unpaired) electrons. The summed E-state index contributed by atoms with van der Waals surface area (Å²) in [7, 11) is 0. The Morgan fingerprint density at radius 2 is 2.25 bits per heavy atom. The first-order chi connectivity index (χ1) is 5.81. The Hall–Kier alpha value is -0.730. The van der Waals surface area contributed by atoms with E-state index in [-0.39, 0.29) is 0 Å². The molecule has 0 bridgehead atoms. The molecule has 2 rings (SSSR count). The van der Waals surface area contributed by atoms with Gasteiger partial charge >= 0.3 is 0 Å². The molecule has 0 amide bonds. The normalized spacial score (nSPS) is 44.4. The van der Waals surface area contributed by atoms with Crippen molar-refractivity contribution >= 4 is 0 Å². The van der Waals surface area contributed by atoms with Crippen molar-refractivity contribution in [2.75, 3.05) is 6.54 Å². The molecule has 2 aliphatic rings. The summed E-state index contributed by atoms with van der Waals surface area (Å²) in [6.45, 7) is 0.677. The van der Waals surface area contributed by atoms with Gasteiger partial charge in [0.1, 0.15) is 0 Å². The molecule has 0 aromatic rings. The Balaban J connectivity index is 1.86. The van der Waals surface area contributed by atoms with Gasteiger partial charge in [0.05, 0.1) is 0 Å². The summed E-state index contributed by atoms with van der Waals surface area (Å²) in [5.74, 6) is 2.20. The summed E-state index contributed by atoms with van der Waals surface area (Å²) < 4.78 is 0. The van der Waals surface area contributed by atoms with Crippen LogP contribution in [0.1, 0.15) is 19.3 Å². The van der Waals surface area contributed by atoms with Crippen LogP contribution in [-0.2, 0) is 0 Å². The predicted octanol–water partition coefficient (Wildman–Crippen LogP) is 1.67. The van der Waals surface area contributed by atoms with Crippen molar-refractivity contribution in [3.63, 3.8) is 0 Å². The lowest BCUT2D eigenvalue weighted by molar-refractivity contribution is 0.173. The molecule has 2 saturated carbocycles. The lowest BCUT2D eigenvalue weighted by Gasteiger charge is -2.37. The molecule has 4 heteroatoms.